The second kappa shape index (κ2) is 7.09. The van der Waals surface area contributed by atoms with E-state index in [-0.39, 0.29) is 23.8 Å². The second-order valence-electron chi connectivity index (χ2n) is 6.43. The van der Waals surface area contributed by atoms with Crippen LogP contribution in [-0.2, 0) is 21.4 Å². The number of fused-ring (bicyclic) bond motifs is 3. The van der Waals surface area contributed by atoms with Crippen molar-refractivity contribution >= 4 is 21.6 Å². The number of nitrogens with one attached hydrogen (secondary N) is 1. The Kier molecular flexibility index (Phi) is 4.60. The Hall–Kier alpha value is -3.19. The van der Waals surface area contributed by atoms with Gasteiger partial charge in [0.2, 0.25) is 5.91 Å². The third kappa shape index (κ3) is 3.25. The Morgan fingerprint density at radius 3 is 2.29 bits per heavy atom. The van der Waals surface area contributed by atoms with E-state index in [9.17, 15) is 17.6 Å². The number of rotatable bonds is 4. The highest BCUT2D eigenvalue weighted by atomic mass is 32.2. The fourth-order valence-electron chi connectivity index (χ4n) is 3.24. The summed E-state index contributed by atoms with van der Waals surface area (Å²) in [6.07, 6.45) is 0. The van der Waals surface area contributed by atoms with Crippen LogP contribution in [0.3, 0.4) is 0 Å². The quantitative estimate of drug-likeness (QED) is 0.736. The van der Waals surface area contributed by atoms with E-state index in [4.69, 9.17) is 0 Å². The number of benzene rings is 3. The number of anilines is 1. The Morgan fingerprint density at radius 2 is 1.54 bits per heavy atom. The van der Waals surface area contributed by atoms with Crippen LogP contribution in [0.15, 0.2) is 77.7 Å². The summed E-state index contributed by atoms with van der Waals surface area (Å²) < 4.78 is 40.3. The fourth-order valence-corrected chi connectivity index (χ4v) is 4.89. The molecular weight excluding hydrogens is 379 g/mol. The van der Waals surface area contributed by atoms with E-state index >= 15 is 0 Å². The molecule has 0 aliphatic carbocycles. The van der Waals surface area contributed by atoms with Crippen molar-refractivity contribution in [2.24, 2.45) is 0 Å². The van der Waals surface area contributed by atoms with Crippen LogP contribution < -0.4 is 9.62 Å². The second-order valence-corrected chi connectivity index (χ2v) is 8.26. The van der Waals surface area contributed by atoms with E-state index in [1.54, 1.807) is 48.5 Å². The highest BCUT2D eigenvalue weighted by Gasteiger charge is 2.35. The molecule has 5 nitrogen and oxygen atoms in total. The minimum atomic E-state index is -3.86. The van der Waals surface area contributed by atoms with Gasteiger partial charge in [-0.05, 0) is 29.8 Å². The summed E-state index contributed by atoms with van der Waals surface area (Å²) in [6, 6.07) is 19.6. The lowest BCUT2D eigenvalue weighted by Gasteiger charge is -2.31. The van der Waals surface area contributed by atoms with Crippen molar-refractivity contribution in [1.82, 2.24) is 5.32 Å². The largest absolute Gasteiger partial charge is 0.350 e. The molecule has 1 N–H and O–H groups in total. The minimum Gasteiger partial charge on any atom is -0.350 e. The van der Waals surface area contributed by atoms with E-state index in [1.807, 2.05) is 12.1 Å². The van der Waals surface area contributed by atoms with Crippen LogP contribution in [0.1, 0.15) is 5.56 Å². The Balaban J connectivity index is 1.60. The number of para-hydroxylation sites is 1. The van der Waals surface area contributed by atoms with Gasteiger partial charge in [0.1, 0.15) is 12.4 Å². The van der Waals surface area contributed by atoms with Gasteiger partial charge in [-0.2, -0.15) is 0 Å². The summed E-state index contributed by atoms with van der Waals surface area (Å²) in [5.41, 5.74) is 2.58. The normalized spacial score (nSPS) is 14.1. The van der Waals surface area contributed by atoms with E-state index in [0.29, 0.717) is 11.3 Å². The minimum absolute atomic E-state index is 0.181. The summed E-state index contributed by atoms with van der Waals surface area (Å²) in [7, 11) is -3.86. The molecule has 3 aromatic rings. The standard InChI is InChI=1S/C21H17FN2O3S/c22-16-11-9-15(10-12-16)13-23-21(25)14-24-19-7-3-1-5-17(19)18-6-2-4-8-20(18)28(24,26)27/h1-12H,13-14H2,(H,23,25). The van der Waals surface area contributed by atoms with Crippen LogP contribution >= 0.6 is 0 Å². The van der Waals surface area contributed by atoms with Gasteiger partial charge in [0.25, 0.3) is 10.0 Å². The summed E-state index contributed by atoms with van der Waals surface area (Å²) in [4.78, 5) is 12.7. The third-order valence-corrected chi connectivity index (χ3v) is 6.43. The SMILES string of the molecule is O=C(CN1c2ccccc2-c2ccccc2S1(=O)=O)NCc1ccc(F)cc1. The van der Waals surface area contributed by atoms with Crippen LogP contribution in [0.2, 0.25) is 0 Å². The van der Waals surface area contributed by atoms with Crippen molar-refractivity contribution in [2.45, 2.75) is 11.4 Å². The van der Waals surface area contributed by atoms with Crippen LogP contribution in [0.5, 0.6) is 0 Å². The van der Waals surface area contributed by atoms with E-state index in [0.717, 1.165) is 15.4 Å². The smallest absolute Gasteiger partial charge is 0.265 e. The monoisotopic (exact) mass is 396 g/mol. The average Bonchev–Trinajstić information content (AvgIpc) is 2.71. The molecule has 0 radical (unpaired) electrons. The number of carbonyl (C=O) groups excluding carboxylic acids is 1. The van der Waals surface area contributed by atoms with Crippen LogP contribution in [-0.4, -0.2) is 20.9 Å². The van der Waals surface area contributed by atoms with Gasteiger partial charge in [-0.1, -0.05) is 48.5 Å². The molecule has 0 bridgehead atoms. The molecule has 3 aromatic carbocycles. The first-order valence-corrected chi connectivity index (χ1v) is 10.1. The van der Waals surface area contributed by atoms with Gasteiger partial charge in [0, 0.05) is 17.7 Å². The predicted molar refractivity (Wildman–Crippen MR) is 105 cm³/mol. The molecule has 1 aliphatic heterocycles. The summed E-state index contributed by atoms with van der Waals surface area (Å²) in [5, 5.41) is 2.69. The first kappa shape index (κ1) is 18.2. The molecule has 0 unspecified atom stereocenters. The van der Waals surface area contributed by atoms with Gasteiger partial charge in [0.05, 0.1) is 10.6 Å². The zero-order valence-corrected chi connectivity index (χ0v) is 15.6. The van der Waals surface area contributed by atoms with Crippen molar-refractivity contribution in [1.29, 1.82) is 0 Å². The molecule has 142 valence electrons. The fraction of sp³-hybridized carbons (Fsp3) is 0.0952. The molecule has 0 aromatic heterocycles. The molecule has 28 heavy (non-hydrogen) atoms. The molecule has 0 saturated heterocycles. The third-order valence-electron chi connectivity index (χ3n) is 4.61. The Labute approximate surface area is 162 Å². The molecule has 7 heteroatoms. The zero-order valence-electron chi connectivity index (χ0n) is 14.8. The highest BCUT2D eigenvalue weighted by Crippen LogP contribution is 2.42. The first-order valence-electron chi connectivity index (χ1n) is 8.69. The van der Waals surface area contributed by atoms with Crippen LogP contribution in [0, 0.1) is 5.82 Å². The summed E-state index contributed by atoms with van der Waals surface area (Å²) >= 11 is 0. The molecule has 0 saturated carbocycles. The number of hydrogen-bond acceptors (Lipinski definition) is 3. The van der Waals surface area contributed by atoms with Crippen molar-refractivity contribution < 1.29 is 17.6 Å². The lowest BCUT2D eigenvalue weighted by atomic mass is 10.0. The van der Waals surface area contributed by atoms with Gasteiger partial charge in [-0.25, -0.2) is 12.8 Å². The number of nitrogens with zero attached hydrogens (tertiary/aromatic N) is 1. The number of sulfonamides is 1. The highest BCUT2D eigenvalue weighted by molar-refractivity contribution is 7.93. The van der Waals surface area contributed by atoms with Gasteiger partial charge >= 0.3 is 0 Å². The molecule has 0 spiro atoms. The van der Waals surface area contributed by atoms with Crippen molar-refractivity contribution in [2.75, 3.05) is 10.8 Å². The number of carbonyl (C=O) groups is 1. The van der Waals surface area contributed by atoms with E-state index < -0.39 is 15.9 Å². The Morgan fingerprint density at radius 1 is 0.893 bits per heavy atom. The van der Waals surface area contributed by atoms with Gasteiger partial charge in [-0.15, -0.1) is 0 Å². The molecule has 0 fully saturated rings. The molecule has 1 heterocycles. The average molecular weight is 396 g/mol. The predicted octanol–water partition coefficient (Wildman–Crippen LogP) is 3.32. The Bertz CT molecular complexity index is 1140. The van der Waals surface area contributed by atoms with Crippen molar-refractivity contribution in [3.8, 4) is 11.1 Å². The van der Waals surface area contributed by atoms with Gasteiger partial charge < -0.3 is 5.32 Å². The van der Waals surface area contributed by atoms with Gasteiger partial charge in [-0.3, -0.25) is 9.10 Å². The number of halogens is 1. The molecule has 0 atom stereocenters. The van der Waals surface area contributed by atoms with Crippen LogP contribution in [0.4, 0.5) is 10.1 Å². The van der Waals surface area contributed by atoms with Crippen molar-refractivity contribution in [3.05, 3.63) is 84.2 Å². The molecular formula is C21H17FN2O3S. The maximum Gasteiger partial charge on any atom is 0.265 e. The molecule has 4 rings (SSSR count). The lowest BCUT2D eigenvalue weighted by Crippen LogP contribution is -2.42. The van der Waals surface area contributed by atoms with Crippen LogP contribution in [0.25, 0.3) is 11.1 Å². The molecule has 1 aliphatic rings. The maximum atomic E-state index is 13.1. The van der Waals surface area contributed by atoms with E-state index in [2.05, 4.69) is 5.32 Å². The topological polar surface area (TPSA) is 66.5 Å². The number of amides is 1. The number of hydrogen-bond donors (Lipinski definition) is 1. The van der Waals surface area contributed by atoms with Crippen molar-refractivity contribution in [3.63, 3.8) is 0 Å². The summed E-state index contributed by atoms with van der Waals surface area (Å²) in [5.74, 6) is -0.799. The first-order chi connectivity index (χ1) is 13.5. The summed E-state index contributed by atoms with van der Waals surface area (Å²) in [6.45, 7) is -0.153. The van der Waals surface area contributed by atoms with E-state index in [1.165, 1.54) is 12.1 Å². The lowest BCUT2D eigenvalue weighted by molar-refractivity contribution is -0.119. The maximum absolute atomic E-state index is 13.1. The zero-order chi connectivity index (χ0) is 19.7. The van der Waals surface area contributed by atoms with Gasteiger partial charge in [0.15, 0.2) is 0 Å². The molecule has 1 amide bonds.